The van der Waals surface area contributed by atoms with E-state index in [0.717, 1.165) is 12.1 Å². The van der Waals surface area contributed by atoms with Crippen molar-refractivity contribution >= 4 is 17.5 Å². The third-order valence-electron chi connectivity index (χ3n) is 4.35. The molecule has 7 heteroatoms. The Labute approximate surface area is 157 Å². The van der Waals surface area contributed by atoms with E-state index in [9.17, 15) is 14.0 Å². The summed E-state index contributed by atoms with van der Waals surface area (Å²) in [6.07, 6.45) is -0.476. The average Bonchev–Trinajstić information content (AvgIpc) is 2.69. The SMILES string of the molecule is CC(NC(=O)C1CNCCO1)c1ccc(NC(=O)c2ccc(F)cc2)cc1. The van der Waals surface area contributed by atoms with Crippen LogP contribution in [0, 0.1) is 5.82 Å². The zero-order chi connectivity index (χ0) is 19.2. The molecule has 3 N–H and O–H groups in total. The molecule has 6 nitrogen and oxygen atoms in total. The number of hydrogen-bond acceptors (Lipinski definition) is 4. The fourth-order valence-electron chi connectivity index (χ4n) is 2.78. The molecular weight excluding hydrogens is 349 g/mol. The van der Waals surface area contributed by atoms with Gasteiger partial charge < -0.3 is 20.7 Å². The summed E-state index contributed by atoms with van der Waals surface area (Å²) in [5, 5.41) is 8.81. The number of amides is 2. The number of ether oxygens (including phenoxy) is 1. The minimum atomic E-state index is -0.476. The number of carbonyl (C=O) groups excluding carboxylic acids is 2. The molecule has 2 aromatic rings. The van der Waals surface area contributed by atoms with Gasteiger partial charge in [-0.05, 0) is 48.9 Å². The first-order valence-electron chi connectivity index (χ1n) is 8.82. The van der Waals surface area contributed by atoms with E-state index >= 15 is 0 Å². The fraction of sp³-hybridized carbons (Fsp3) is 0.300. The van der Waals surface area contributed by atoms with Crippen LogP contribution in [0.4, 0.5) is 10.1 Å². The highest BCUT2D eigenvalue weighted by Gasteiger charge is 2.23. The van der Waals surface area contributed by atoms with Crippen molar-refractivity contribution in [1.29, 1.82) is 0 Å². The Bertz CT molecular complexity index is 787. The lowest BCUT2D eigenvalue weighted by Gasteiger charge is -2.24. The van der Waals surface area contributed by atoms with Gasteiger partial charge in [-0.25, -0.2) is 4.39 Å². The molecule has 2 unspecified atom stereocenters. The normalized spacial score (nSPS) is 17.8. The molecule has 3 rings (SSSR count). The van der Waals surface area contributed by atoms with Crippen LogP contribution in [0.15, 0.2) is 48.5 Å². The minimum absolute atomic E-state index is 0.150. The molecule has 1 saturated heterocycles. The minimum Gasteiger partial charge on any atom is -0.366 e. The van der Waals surface area contributed by atoms with Crippen molar-refractivity contribution in [2.24, 2.45) is 0 Å². The smallest absolute Gasteiger partial charge is 0.255 e. The van der Waals surface area contributed by atoms with Gasteiger partial charge in [-0.15, -0.1) is 0 Å². The van der Waals surface area contributed by atoms with Crippen molar-refractivity contribution in [3.63, 3.8) is 0 Å². The Hall–Kier alpha value is -2.77. The molecule has 0 aromatic heterocycles. The van der Waals surface area contributed by atoms with E-state index in [-0.39, 0.29) is 23.7 Å². The van der Waals surface area contributed by atoms with Crippen molar-refractivity contribution in [2.45, 2.75) is 19.1 Å². The molecule has 27 heavy (non-hydrogen) atoms. The van der Waals surface area contributed by atoms with Gasteiger partial charge in [0.15, 0.2) is 0 Å². The van der Waals surface area contributed by atoms with Crippen LogP contribution in [0.25, 0.3) is 0 Å². The molecular formula is C20H22FN3O3. The monoisotopic (exact) mass is 371 g/mol. The molecule has 2 aromatic carbocycles. The van der Waals surface area contributed by atoms with Gasteiger partial charge >= 0.3 is 0 Å². The van der Waals surface area contributed by atoms with E-state index in [1.165, 1.54) is 24.3 Å². The quantitative estimate of drug-likeness (QED) is 0.753. The number of halogens is 1. The largest absolute Gasteiger partial charge is 0.366 e. The number of hydrogen-bond donors (Lipinski definition) is 3. The van der Waals surface area contributed by atoms with E-state index in [0.29, 0.717) is 24.4 Å². The predicted octanol–water partition coefficient (Wildman–Crippen LogP) is 2.24. The van der Waals surface area contributed by atoms with E-state index in [4.69, 9.17) is 4.74 Å². The Morgan fingerprint density at radius 1 is 1.15 bits per heavy atom. The van der Waals surface area contributed by atoms with Gasteiger partial charge in [0.25, 0.3) is 11.8 Å². The van der Waals surface area contributed by atoms with Gasteiger partial charge in [-0.3, -0.25) is 9.59 Å². The maximum atomic E-state index is 12.9. The van der Waals surface area contributed by atoms with Crippen molar-refractivity contribution in [1.82, 2.24) is 10.6 Å². The lowest BCUT2D eigenvalue weighted by Crippen LogP contribution is -2.48. The maximum Gasteiger partial charge on any atom is 0.255 e. The highest BCUT2D eigenvalue weighted by atomic mass is 19.1. The number of carbonyl (C=O) groups is 2. The molecule has 0 saturated carbocycles. The zero-order valence-corrected chi connectivity index (χ0v) is 15.0. The highest BCUT2D eigenvalue weighted by Crippen LogP contribution is 2.17. The van der Waals surface area contributed by atoms with Gasteiger partial charge in [0.05, 0.1) is 12.6 Å². The van der Waals surface area contributed by atoms with Crippen LogP contribution >= 0.6 is 0 Å². The van der Waals surface area contributed by atoms with Gasteiger partial charge in [0, 0.05) is 24.3 Å². The van der Waals surface area contributed by atoms with E-state index in [1.54, 1.807) is 12.1 Å². The first-order chi connectivity index (χ1) is 13.0. The van der Waals surface area contributed by atoms with Crippen LogP contribution in [0.3, 0.4) is 0 Å². The second-order valence-electron chi connectivity index (χ2n) is 6.38. The van der Waals surface area contributed by atoms with Crippen LogP contribution < -0.4 is 16.0 Å². The third kappa shape index (κ3) is 5.12. The van der Waals surface area contributed by atoms with Crippen LogP contribution in [0.1, 0.15) is 28.9 Å². The summed E-state index contributed by atoms with van der Waals surface area (Å²) in [7, 11) is 0. The predicted molar refractivity (Wildman–Crippen MR) is 100.0 cm³/mol. The number of anilines is 1. The number of rotatable bonds is 5. The molecule has 1 heterocycles. The molecule has 1 aliphatic heterocycles. The molecule has 1 fully saturated rings. The summed E-state index contributed by atoms with van der Waals surface area (Å²) >= 11 is 0. The summed E-state index contributed by atoms with van der Waals surface area (Å²) < 4.78 is 18.4. The van der Waals surface area contributed by atoms with Gasteiger partial charge in [-0.2, -0.15) is 0 Å². The van der Waals surface area contributed by atoms with E-state index < -0.39 is 6.10 Å². The van der Waals surface area contributed by atoms with E-state index in [2.05, 4.69) is 16.0 Å². The van der Waals surface area contributed by atoms with Crippen molar-refractivity contribution in [3.8, 4) is 0 Å². The molecule has 0 bridgehead atoms. The number of benzene rings is 2. The lowest BCUT2D eigenvalue weighted by atomic mass is 10.1. The van der Waals surface area contributed by atoms with Crippen molar-refractivity contribution in [2.75, 3.05) is 25.0 Å². The topological polar surface area (TPSA) is 79.5 Å². The molecule has 142 valence electrons. The molecule has 0 spiro atoms. The van der Waals surface area contributed by atoms with Gasteiger partial charge in [-0.1, -0.05) is 12.1 Å². The summed E-state index contributed by atoms with van der Waals surface area (Å²) in [5.74, 6) is -0.851. The maximum absolute atomic E-state index is 12.9. The van der Waals surface area contributed by atoms with Crippen LogP contribution in [0.2, 0.25) is 0 Å². The standard InChI is InChI=1S/C20H22FN3O3/c1-13(23-20(26)18-12-22-10-11-27-18)14-4-8-17(9-5-14)24-19(25)15-2-6-16(21)7-3-15/h2-9,13,18,22H,10-12H2,1H3,(H,23,26)(H,24,25). The van der Waals surface area contributed by atoms with Gasteiger partial charge in [0.2, 0.25) is 0 Å². The molecule has 1 aliphatic rings. The molecule has 2 atom stereocenters. The van der Waals surface area contributed by atoms with Crippen LogP contribution in [-0.4, -0.2) is 37.6 Å². The first-order valence-corrected chi connectivity index (χ1v) is 8.82. The summed E-state index contributed by atoms with van der Waals surface area (Å²) in [6.45, 7) is 3.67. The van der Waals surface area contributed by atoms with Crippen LogP contribution in [-0.2, 0) is 9.53 Å². The third-order valence-corrected chi connectivity index (χ3v) is 4.35. The van der Waals surface area contributed by atoms with Crippen molar-refractivity contribution in [3.05, 3.63) is 65.5 Å². The Balaban J connectivity index is 1.56. The Morgan fingerprint density at radius 2 is 1.85 bits per heavy atom. The summed E-state index contributed by atoms with van der Waals surface area (Å²) in [5.41, 5.74) is 1.90. The Kier molecular flexibility index (Phi) is 6.16. The lowest BCUT2D eigenvalue weighted by molar-refractivity contribution is -0.134. The molecule has 2 amide bonds. The van der Waals surface area contributed by atoms with E-state index in [1.807, 2.05) is 19.1 Å². The highest BCUT2D eigenvalue weighted by molar-refractivity contribution is 6.04. The second kappa shape index (κ2) is 8.75. The number of nitrogens with one attached hydrogen (secondary N) is 3. The number of morpholine rings is 1. The molecule has 0 aliphatic carbocycles. The van der Waals surface area contributed by atoms with Crippen LogP contribution in [0.5, 0.6) is 0 Å². The summed E-state index contributed by atoms with van der Waals surface area (Å²) in [6, 6.07) is 12.4. The van der Waals surface area contributed by atoms with Gasteiger partial charge in [0.1, 0.15) is 11.9 Å². The first kappa shape index (κ1) is 19.0. The fourth-order valence-corrected chi connectivity index (χ4v) is 2.78. The second-order valence-corrected chi connectivity index (χ2v) is 6.38. The molecule has 0 radical (unpaired) electrons. The average molecular weight is 371 g/mol. The summed E-state index contributed by atoms with van der Waals surface area (Å²) in [4.78, 5) is 24.4. The Morgan fingerprint density at radius 3 is 2.48 bits per heavy atom. The zero-order valence-electron chi connectivity index (χ0n) is 15.0. The van der Waals surface area contributed by atoms with Crippen molar-refractivity contribution < 1.29 is 18.7 Å².